The van der Waals surface area contributed by atoms with Crippen molar-refractivity contribution in [2.75, 3.05) is 13.1 Å². The highest BCUT2D eigenvalue weighted by Crippen LogP contribution is 2.20. The zero-order valence-corrected chi connectivity index (χ0v) is 22.6. The fraction of sp³-hybridized carbons (Fsp3) is 0.357. The molecule has 0 spiro atoms. The second kappa shape index (κ2) is 12.0. The first-order valence-corrected chi connectivity index (χ1v) is 14.2. The lowest BCUT2D eigenvalue weighted by atomic mass is 10.0. The number of carbonyl (C=O) groups is 3. The molecule has 0 saturated carbocycles. The van der Waals surface area contributed by atoms with Crippen molar-refractivity contribution in [2.45, 2.75) is 50.1 Å². The van der Waals surface area contributed by atoms with Crippen LogP contribution >= 0.6 is 0 Å². The van der Waals surface area contributed by atoms with Crippen molar-refractivity contribution in [1.82, 2.24) is 19.9 Å². The van der Waals surface area contributed by atoms with E-state index in [1.165, 1.54) is 12.1 Å². The van der Waals surface area contributed by atoms with Crippen molar-refractivity contribution in [3.63, 3.8) is 0 Å². The van der Waals surface area contributed by atoms with Crippen LogP contribution in [-0.2, 0) is 19.6 Å². The van der Waals surface area contributed by atoms with Gasteiger partial charge in [0.25, 0.3) is 5.91 Å². The third-order valence-corrected chi connectivity index (χ3v) is 8.37. The normalized spacial score (nSPS) is 17.5. The van der Waals surface area contributed by atoms with Gasteiger partial charge in [0.2, 0.25) is 15.9 Å². The van der Waals surface area contributed by atoms with E-state index in [0.717, 1.165) is 21.8 Å². The summed E-state index contributed by atoms with van der Waals surface area (Å²) in [5, 5.41) is 6.34. The number of rotatable bonds is 8. The Balaban J connectivity index is 1.45. The fourth-order valence-electron chi connectivity index (χ4n) is 4.53. The van der Waals surface area contributed by atoms with Crippen molar-refractivity contribution in [1.29, 1.82) is 0 Å². The van der Waals surface area contributed by atoms with Gasteiger partial charge in [-0.1, -0.05) is 44.2 Å². The van der Waals surface area contributed by atoms with Gasteiger partial charge >= 0.3 is 0 Å². The number of nitrogens with one attached hydrogen (secondary N) is 2. The number of sulfonamides is 1. The number of para-hydroxylation sites is 1. The molecule has 0 bridgehead atoms. The molecule has 1 aliphatic rings. The van der Waals surface area contributed by atoms with Gasteiger partial charge in [-0.3, -0.25) is 14.4 Å². The molecular weight excluding hydrogens is 523 g/mol. The number of hydrogen-bond donors (Lipinski definition) is 2. The summed E-state index contributed by atoms with van der Waals surface area (Å²) in [7, 11) is -4.09. The second-order valence-corrected chi connectivity index (χ2v) is 11.9. The quantitative estimate of drug-likeness (QED) is 0.441. The van der Waals surface area contributed by atoms with Crippen molar-refractivity contribution in [3.05, 3.63) is 72.2 Å². The highest BCUT2D eigenvalue weighted by Gasteiger charge is 2.34. The molecule has 4 rings (SSSR count). The van der Waals surface area contributed by atoms with Gasteiger partial charge in [-0.05, 0) is 55.5 Å². The number of halogens is 1. The summed E-state index contributed by atoms with van der Waals surface area (Å²) in [4.78, 5) is 43.4. The molecule has 39 heavy (non-hydrogen) atoms. The van der Waals surface area contributed by atoms with Gasteiger partial charge in [0, 0.05) is 11.9 Å². The standard InChI is InChI=1S/C28H31FN4O5S/c1-18(2)15-25(32-27(35)24-13-12-19-7-3-4-10-22(19)30-24)28(36)31-23-11-6-14-33(17-26(23)34)39(37,38)21-9-5-8-20(29)16-21/h3-5,7-10,12-13,16,18,23,25H,6,11,14-15,17H2,1-2H3,(H,31,36)(H,32,35)/t23-,25?/m0/s1. The molecule has 1 saturated heterocycles. The molecule has 2 aromatic carbocycles. The van der Waals surface area contributed by atoms with Crippen LogP contribution in [0.3, 0.4) is 0 Å². The summed E-state index contributed by atoms with van der Waals surface area (Å²) in [5.41, 5.74) is 0.816. The predicted molar refractivity (Wildman–Crippen MR) is 144 cm³/mol. The van der Waals surface area contributed by atoms with Crippen LogP contribution in [0.5, 0.6) is 0 Å². The van der Waals surface area contributed by atoms with Crippen molar-refractivity contribution < 1.29 is 27.2 Å². The maximum absolute atomic E-state index is 13.6. The average molecular weight is 555 g/mol. The molecule has 2 heterocycles. The van der Waals surface area contributed by atoms with Crippen LogP contribution in [0.25, 0.3) is 10.9 Å². The molecule has 1 aliphatic heterocycles. The number of benzene rings is 2. The molecule has 1 aromatic heterocycles. The Hall–Kier alpha value is -3.70. The largest absolute Gasteiger partial charge is 0.344 e. The maximum atomic E-state index is 13.6. The third-order valence-electron chi connectivity index (χ3n) is 6.53. The Morgan fingerprint density at radius 3 is 2.62 bits per heavy atom. The Labute approximate surface area is 226 Å². The van der Waals surface area contributed by atoms with Crippen LogP contribution in [0.1, 0.15) is 43.6 Å². The summed E-state index contributed by atoms with van der Waals surface area (Å²) >= 11 is 0. The van der Waals surface area contributed by atoms with Crippen LogP contribution in [0.2, 0.25) is 0 Å². The zero-order chi connectivity index (χ0) is 28.2. The molecule has 2 N–H and O–H groups in total. The van der Waals surface area contributed by atoms with Gasteiger partial charge in [0.15, 0.2) is 5.78 Å². The number of nitrogens with zero attached hydrogens (tertiary/aromatic N) is 2. The number of aromatic nitrogens is 1. The van der Waals surface area contributed by atoms with E-state index in [9.17, 15) is 27.2 Å². The lowest BCUT2D eigenvalue weighted by Gasteiger charge is -2.23. The minimum Gasteiger partial charge on any atom is -0.344 e. The molecule has 3 aromatic rings. The molecule has 206 valence electrons. The Kier molecular flexibility index (Phi) is 8.71. The summed E-state index contributed by atoms with van der Waals surface area (Å²) in [6.07, 6.45) is 0.869. The van der Waals surface area contributed by atoms with Gasteiger partial charge in [-0.2, -0.15) is 4.31 Å². The van der Waals surface area contributed by atoms with E-state index >= 15 is 0 Å². The fourth-order valence-corrected chi connectivity index (χ4v) is 6.01. The number of hydrogen-bond acceptors (Lipinski definition) is 6. The highest BCUT2D eigenvalue weighted by atomic mass is 32.2. The number of pyridine rings is 1. The maximum Gasteiger partial charge on any atom is 0.270 e. The molecule has 1 unspecified atom stereocenters. The molecule has 2 amide bonds. The molecule has 1 fully saturated rings. The van der Waals surface area contributed by atoms with E-state index in [1.54, 1.807) is 18.2 Å². The van der Waals surface area contributed by atoms with Crippen LogP contribution < -0.4 is 10.6 Å². The minimum atomic E-state index is -4.09. The van der Waals surface area contributed by atoms with Gasteiger partial charge in [0.1, 0.15) is 17.6 Å². The molecular formula is C28H31FN4O5S. The monoisotopic (exact) mass is 554 g/mol. The SMILES string of the molecule is CC(C)CC(NC(=O)c1ccc2ccccc2n1)C(=O)N[C@H]1CCCN(S(=O)(=O)c2cccc(F)c2)CC1=O. The Morgan fingerprint density at radius 2 is 1.87 bits per heavy atom. The molecule has 2 atom stereocenters. The highest BCUT2D eigenvalue weighted by molar-refractivity contribution is 7.89. The molecule has 11 heteroatoms. The number of amides is 2. The first-order valence-electron chi connectivity index (χ1n) is 12.8. The van der Waals surface area contributed by atoms with Crippen molar-refractivity contribution >= 4 is 38.5 Å². The summed E-state index contributed by atoms with van der Waals surface area (Å²) in [6.45, 7) is 3.42. The van der Waals surface area contributed by atoms with Crippen LogP contribution in [0, 0.1) is 11.7 Å². The van der Waals surface area contributed by atoms with Crippen LogP contribution in [-0.4, -0.2) is 60.5 Å². The summed E-state index contributed by atoms with van der Waals surface area (Å²) in [6, 6.07) is 13.5. The van der Waals surface area contributed by atoms with E-state index in [-0.39, 0.29) is 29.5 Å². The van der Waals surface area contributed by atoms with Gasteiger partial charge in [-0.15, -0.1) is 0 Å². The predicted octanol–water partition coefficient (Wildman–Crippen LogP) is 3.06. The van der Waals surface area contributed by atoms with Crippen LogP contribution in [0.15, 0.2) is 65.6 Å². The number of Topliss-reactive ketones (excluding diaryl/α,β-unsaturated/α-hetero) is 1. The lowest BCUT2D eigenvalue weighted by molar-refractivity contribution is -0.129. The van der Waals surface area contributed by atoms with Crippen molar-refractivity contribution in [3.8, 4) is 0 Å². The minimum absolute atomic E-state index is 0.0523. The van der Waals surface area contributed by atoms with Gasteiger partial charge in [0.05, 0.1) is 23.0 Å². The first kappa shape index (κ1) is 28.3. The van der Waals surface area contributed by atoms with Gasteiger partial charge < -0.3 is 10.6 Å². The number of carbonyl (C=O) groups excluding carboxylic acids is 3. The van der Waals surface area contributed by atoms with E-state index in [0.29, 0.717) is 18.4 Å². The van der Waals surface area contributed by atoms with E-state index in [4.69, 9.17) is 0 Å². The molecule has 0 aliphatic carbocycles. The van der Waals surface area contributed by atoms with Crippen molar-refractivity contribution in [2.24, 2.45) is 5.92 Å². The van der Waals surface area contributed by atoms with Crippen LogP contribution in [0.4, 0.5) is 4.39 Å². The summed E-state index contributed by atoms with van der Waals surface area (Å²) < 4.78 is 40.6. The smallest absolute Gasteiger partial charge is 0.270 e. The first-order chi connectivity index (χ1) is 18.5. The average Bonchev–Trinajstić information content (AvgIpc) is 3.09. The number of fused-ring (bicyclic) bond motifs is 1. The Bertz CT molecular complexity index is 1490. The molecule has 0 radical (unpaired) electrons. The van der Waals surface area contributed by atoms with E-state index in [2.05, 4.69) is 15.6 Å². The van der Waals surface area contributed by atoms with Gasteiger partial charge in [-0.25, -0.2) is 17.8 Å². The zero-order valence-electron chi connectivity index (χ0n) is 21.8. The summed E-state index contributed by atoms with van der Waals surface area (Å²) in [5.74, 6) is -2.16. The Morgan fingerprint density at radius 1 is 1.10 bits per heavy atom. The third kappa shape index (κ3) is 6.85. The number of ketones is 1. The topological polar surface area (TPSA) is 126 Å². The second-order valence-electron chi connectivity index (χ2n) is 10.0. The molecule has 9 nitrogen and oxygen atoms in total. The van der Waals surface area contributed by atoms with E-state index in [1.807, 2.05) is 32.0 Å². The lowest BCUT2D eigenvalue weighted by Crippen LogP contribution is -2.52. The van der Waals surface area contributed by atoms with E-state index < -0.39 is 52.1 Å².